The van der Waals surface area contributed by atoms with Gasteiger partial charge in [-0.2, -0.15) is 18.3 Å². The van der Waals surface area contributed by atoms with Crippen molar-refractivity contribution < 1.29 is 27.2 Å². The molecule has 0 fully saturated rings. The molecule has 2 aromatic heterocycles. The average molecular weight is 435 g/mol. The lowest BCUT2D eigenvalue weighted by molar-refractivity contribution is -0.137. The van der Waals surface area contributed by atoms with E-state index >= 15 is 0 Å². The molecule has 0 saturated carbocycles. The molecule has 2 heterocycles. The molecule has 3 rings (SSSR count). The highest BCUT2D eigenvalue weighted by molar-refractivity contribution is 5.99. The molecular formula is C20H17F4N5O2. The Bertz CT molecular complexity index is 1110. The van der Waals surface area contributed by atoms with E-state index in [2.05, 4.69) is 20.9 Å². The van der Waals surface area contributed by atoms with Gasteiger partial charge >= 0.3 is 6.18 Å². The molecule has 162 valence electrons. The molecule has 0 radical (unpaired) electrons. The number of carbonyl (C=O) groups is 2. The summed E-state index contributed by atoms with van der Waals surface area (Å²) in [6, 6.07) is 7.26. The number of benzene rings is 1. The maximum atomic E-state index is 13.7. The van der Waals surface area contributed by atoms with Crippen LogP contribution in [0, 0.1) is 5.82 Å². The maximum absolute atomic E-state index is 13.7. The molecule has 0 saturated heterocycles. The first kappa shape index (κ1) is 21.9. The number of nitrogens with zero attached hydrogens (tertiary/aromatic N) is 3. The van der Waals surface area contributed by atoms with Gasteiger partial charge in [0.15, 0.2) is 5.82 Å². The van der Waals surface area contributed by atoms with E-state index in [-0.39, 0.29) is 22.9 Å². The number of aromatic nitrogens is 3. The topological polar surface area (TPSA) is 88.9 Å². The highest BCUT2D eigenvalue weighted by Gasteiger charge is 2.31. The molecule has 3 aromatic rings. The first-order valence-corrected chi connectivity index (χ1v) is 9.06. The molecule has 7 nitrogen and oxygen atoms in total. The predicted molar refractivity (Wildman–Crippen MR) is 102 cm³/mol. The third kappa shape index (κ3) is 4.71. The van der Waals surface area contributed by atoms with E-state index in [0.29, 0.717) is 11.9 Å². The first-order valence-electron chi connectivity index (χ1n) is 9.06. The molecule has 31 heavy (non-hydrogen) atoms. The summed E-state index contributed by atoms with van der Waals surface area (Å²) < 4.78 is 53.2. The van der Waals surface area contributed by atoms with Gasteiger partial charge in [-0.25, -0.2) is 14.1 Å². The van der Waals surface area contributed by atoms with Gasteiger partial charge in [-0.15, -0.1) is 0 Å². The number of hydrogen-bond donors (Lipinski definition) is 2. The van der Waals surface area contributed by atoms with Gasteiger partial charge in [-0.3, -0.25) is 20.4 Å². The van der Waals surface area contributed by atoms with Crippen molar-refractivity contribution in [2.45, 2.75) is 25.9 Å². The van der Waals surface area contributed by atoms with Crippen LogP contribution in [-0.4, -0.2) is 26.6 Å². The number of rotatable bonds is 4. The van der Waals surface area contributed by atoms with E-state index in [0.717, 1.165) is 18.2 Å². The predicted octanol–water partition coefficient (Wildman–Crippen LogP) is 3.62. The standard InChI is InChI=1S/C20H17F4N5O2/c1-11(2)17-14(19(31)28-27-18(30)13-5-3-4-6-15(13)21)10-26-29(17)16-8-7-12(9-25-16)20(22,23)24/h3-11H,1-2H3,(H,27,30)(H,28,31). The summed E-state index contributed by atoms with van der Waals surface area (Å²) >= 11 is 0. The van der Waals surface area contributed by atoms with Crippen LogP contribution in [0.4, 0.5) is 17.6 Å². The van der Waals surface area contributed by atoms with E-state index in [4.69, 9.17) is 0 Å². The molecule has 0 atom stereocenters. The van der Waals surface area contributed by atoms with Gasteiger partial charge in [0.05, 0.1) is 28.6 Å². The Hall–Kier alpha value is -3.76. The summed E-state index contributed by atoms with van der Waals surface area (Å²) in [6.45, 7) is 3.51. The third-order valence-electron chi connectivity index (χ3n) is 4.30. The van der Waals surface area contributed by atoms with E-state index in [1.807, 2.05) is 0 Å². The number of pyridine rings is 1. The molecule has 0 aliphatic rings. The quantitative estimate of drug-likeness (QED) is 0.484. The Morgan fingerprint density at radius 2 is 1.61 bits per heavy atom. The van der Waals surface area contributed by atoms with Crippen molar-refractivity contribution >= 4 is 11.8 Å². The van der Waals surface area contributed by atoms with Crippen molar-refractivity contribution in [3.05, 3.63) is 77.0 Å². The van der Waals surface area contributed by atoms with Crippen LogP contribution in [0.25, 0.3) is 5.82 Å². The Morgan fingerprint density at radius 3 is 2.16 bits per heavy atom. The minimum Gasteiger partial charge on any atom is -0.267 e. The van der Waals surface area contributed by atoms with Crippen molar-refractivity contribution in [3.63, 3.8) is 0 Å². The molecular weight excluding hydrogens is 418 g/mol. The van der Waals surface area contributed by atoms with Crippen LogP contribution in [0.1, 0.15) is 51.7 Å². The largest absolute Gasteiger partial charge is 0.417 e. The number of hydrazine groups is 1. The van der Waals surface area contributed by atoms with E-state index in [1.165, 1.54) is 29.1 Å². The molecule has 0 bridgehead atoms. The smallest absolute Gasteiger partial charge is 0.267 e. The van der Waals surface area contributed by atoms with Crippen molar-refractivity contribution in [2.24, 2.45) is 0 Å². The van der Waals surface area contributed by atoms with Crippen LogP contribution in [0.2, 0.25) is 0 Å². The van der Waals surface area contributed by atoms with Crippen molar-refractivity contribution in [2.75, 3.05) is 0 Å². The summed E-state index contributed by atoms with van der Waals surface area (Å²) in [7, 11) is 0. The zero-order chi connectivity index (χ0) is 22.8. The van der Waals surface area contributed by atoms with E-state index in [9.17, 15) is 27.2 Å². The molecule has 2 N–H and O–H groups in total. The molecule has 2 amide bonds. The Morgan fingerprint density at radius 1 is 0.968 bits per heavy atom. The highest BCUT2D eigenvalue weighted by atomic mass is 19.4. The van der Waals surface area contributed by atoms with Crippen LogP contribution < -0.4 is 10.9 Å². The number of carbonyl (C=O) groups excluding carboxylic acids is 2. The molecule has 0 spiro atoms. The number of alkyl halides is 3. The fourth-order valence-corrected chi connectivity index (χ4v) is 2.84. The van der Waals surface area contributed by atoms with Gasteiger partial charge in [0.25, 0.3) is 11.8 Å². The van der Waals surface area contributed by atoms with Gasteiger partial charge < -0.3 is 0 Å². The van der Waals surface area contributed by atoms with E-state index in [1.54, 1.807) is 13.8 Å². The van der Waals surface area contributed by atoms with Gasteiger partial charge in [0.1, 0.15) is 5.82 Å². The lowest BCUT2D eigenvalue weighted by atomic mass is 10.1. The number of hydrogen-bond acceptors (Lipinski definition) is 4. The lowest BCUT2D eigenvalue weighted by Crippen LogP contribution is -2.42. The lowest BCUT2D eigenvalue weighted by Gasteiger charge is -2.13. The van der Waals surface area contributed by atoms with Crippen molar-refractivity contribution in [1.82, 2.24) is 25.6 Å². The van der Waals surface area contributed by atoms with Crippen LogP contribution in [0.3, 0.4) is 0 Å². The number of amides is 2. The second-order valence-corrected chi connectivity index (χ2v) is 6.80. The minimum atomic E-state index is -4.53. The SMILES string of the molecule is CC(C)c1c(C(=O)NNC(=O)c2ccccc2F)cnn1-c1ccc(C(F)(F)F)cn1. The van der Waals surface area contributed by atoms with Crippen molar-refractivity contribution in [1.29, 1.82) is 0 Å². The fraction of sp³-hybridized carbons (Fsp3) is 0.200. The van der Waals surface area contributed by atoms with Gasteiger partial charge in [0.2, 0.25) is 0 Å². The number of halogens is 4. The van der Waals surface area contributed by atoms with Crippen LogP contribution in [-0.2, 0) is 6.18 Å². The van der Waals surface area contributed by atoms with Crippen LogP contribution in [0.5, 0.6) is 0 Å². The highest BCUT2D eigenvalue weighted by Crippen LogP contribution is 2.29. The Balaban J connectivity index is 1.82. The normalized spacial score (nSPS) is 11.5. The monoisotopic (exact) mass is 435 g/mol. The summed E-state index contributed by atoms with van der Waals surface area (Å²) in [5, 5.41) is 4.06. The maximum Gasteiger partial charge on any atom is 0.417 e. The molecule has 11 heteroatoms. The Labute approximate surface area is 174 Å². The van der Waals surface area contributed by atoms with Gasteiger partial charge in [0, 0.05) is 6.20 Å². The molecule has 0 unspecified atom stereocenters. The minimum absolute atomic E-state index is 0.0746. The first-order chi connectivity index (χ1) is 14.6. The van der Waals surface area contributed by atoms with Crippen LogP contribution >= 0.6 is 0 Å². The third-order valence-corrected chi connectivity index (χ3v) is 4.30. The summed E-state index contributed by atoms with van der Waals surface area (Å²) in [5.74, 6) is -2.51. The van der Waals surface area contributed by atoms with Gasteiger partial charge in [-0.1, -0.05) is 26.0 Å². The van der Waals surface area contributed by atoms with Crippen molar-refractivity contribution in [3.8, 4) is 5.82 Å². The summed E-state index contributed by atoms with van der Waals surface area (Å²) in [5.41, 5.74) is 3.58. The zero-order valence-corrected chi connectivity index (χ0v) is 16.4. The summed E-state index contributed by atoms with van der Waals surface area (Å²) in [6.07, 6.45) is -2.65. The fourth-order valence-electron chi connectivity index (χ4n) is 2.84. The molecule has 0 aliphatic carbocycles. The zero-order valence-electron chi connectivity index (χ0n) is 16.4. The van der Waals surface area contributed by atoms with Gasteiger partial charge in [-0.05, 0) is 30.2 Å². The second kappa shape index (κ2) is 8.54. The Kier molecular flexibility index (Phi) is 6.04. The molecule has 0 aliphatic heterocycles. The van der Waals surface area contributed by atoms with E-state index < -0.39 is 29.4 Å². The molecule has 1 aromatic carbocycles. The van der Waals surface area contributed by atoms with Crippen LogP contribution in [0.15, 0.2) is 48.8 Å². The second-order valence-electron chi connectivity index (χ2n) is 6.80. The summed E-state index contributed by atoms with van der Waals surface area (Å²) in [4.78, 5) is 28.4. The number of nitrogens with one attached hydrogen (secondary N) is 2. The average Bonchev–Trinajstić information content (AvgIpc) is 3.17.